The van der Waals surface area contributed by atoms with E-state index in [2.05, 4.69) is 47.0 Å². The molecule has 0 aliphatic carbocycles. The standard InChI is InChI=1S/C21H24N4O/c1-14-6-5-7-17(15(14)2)18(20-12-22-13-24-20)10-16-8-9-19(23-11-16)21(26)25(3)4/h5-9,11-13,18H,10H2,1-4H3,(H,22,24). The lowest BCUT2D eigenvalue weighted by Crippen LogP contribution is -2.22. The number of amides is 1. The zero-order valence-electron chi connectivity index (χ0n) is 15.7. The molecule has 1 aromatic carbocycles. The number of aryl methyl sites for hydroxylation is 1. The molecule has 5 heteroatoms. The van der Waals surface area contributed by atoms with Crippen LogP contribution in [0.25, 0.3) is 0 Å². The Morgan fingerprint density at radius 3 is 2.58 bits per heavy atom. The van der Waals surface area contributed by atoms with E-state index in [1.807, 2.05) is 12.3 Å². The first-order valence-electron chi connectivity index (χ1n) is 8.68. The average Bonchev–Trinajstić information content (AvgIpc) is 3.16. The van der Waals surface area contributed by atoms with Gasteiger partial charge < -0.3 is 9.88 Å². The molecular formula is C21H24N4O. The number of carbonyl (C=O) groups is 1. The highest BCUT2D eigenvalue weighted by Gasteiger charge is 2.19. The summed E-state index contributed by atoms with van der Waals surface area (Å²) in [5.74, 6) is 0.0748. The van der Waals surface area contributed by atoms with Gasteiger partial charge in [-0.05, 0) is 48.6 Å². The Labute approximate surface area is 154 Å². The highest BCUT2D eigenvalue weighted by molar-refractivity contribution is 5.91. The number of nitrogens with zero attached hydrogens (tertiary/aromatic N) is 3. The molecule has 1 unspecified atom stereocenters. The number of hydrogen-bond acceptors (Lipinski definition) is 3. The van der Waals surface area contributed by atoms with E-state index in [0.29, 0.717) is 5.69 Å². The van der Waals surface area contributed by atoms with E-state index in [4.69, 9.17) is 0 Å². The maximum Gasteiger partial charge on any atom is 0.271 e. The Balaban J connectivity index is 1.92. The van der Waals surface area contributed by atoms with Crippen LogP contribution >= 0.6 is 0 Å². The van der Waals surface area contributed by atoms with Gasteiger partial charge in [0.2, 0.25) is 0 Å². The molecule has 0 bridgehead atoms. The topological polar surface area (TPSA) is 61.9 Å². The summed E-state index contributed by atoms with van der Waals surface area (Å²) in [6, 6.07) is 10.2. The SMILES string of the molecule is Cc1cccc(C(Cc2ccc(C(=O)N(C)C)nc2)c2cnc[nH]2)c1C. The van der Waals surface area contributed by atoms with Crippen molar-refractivity contribution < 1.29 is 4.79 Å². The maximum atomic E-state index is 12.0. The van der Waals surface area contributed by atoms with Crippen molar-refractivity contribution >= 4 is 5.91 Å². The van der Waals surface area contributed by atoms with Crippen molar-refractivity contribution in [1.29, 1.82) is 0 Å². The van der Waals surface area contributed by atoms with E-state index < -0.39 is 0 Å². The monoisotopic (exact) mass is 348 g/mol. The first kappa shape index (κ1) is 17.9. The van der Waals surface area contributed by atoms with Crippen molar-refractivity contribution in [1.82, 2.24) is 19.9 Å². The first-order chi connectivity index (χ1) is 12.5. The van der Waals surface area contributed by atoms with Gasteiger partial charge in [0.15, 0.2) is 0 Å². The number of nitrogens with one attached hydrogen (secondary N) is 1. The molecule has 2 aromatic heterocycles. The van der Waals surface area contributed by atoms with Crippen LogP contribution in [0.1, 0.15) is 44.4 Å². The van der Waals surface area contributed by atoms with Gasteiger partial charge in [-0.1, -0.05) is 24.3 Å². The molecule has 0 saturated heterocycles. The van der Waals surface area contributed by atoms with Crippen LogP contribution in [0.3, 0.4) is 0 Å². The number of pyridine rings is 1. The smallest absolute Gasteiger partial charge is 0.271 e. The summed E-state index contributed by atoms with van der Waals surface area (Å²) in [6.07, 6.45) is 6.18. The number of aromatic nitrogens is 3. The molecule has 0 fully saturated rings. The second kappa shape index (κ2) is 7.52. The maximum absolute atomic E-state index is 12.0. The molecule has 1 N–H and O–H groups in total. The minimum Gasteiger partial charge on any atom is -0.348 e. The number of H-pyrrole nitrogens is 1. The van der Waals surface area contributed by atoms with Gasteiger partial charge >= 0.3 is 0 Å². The Kier molecular flexibility index (Phi) is 5.16. The van der Waals surface area contributed by atoms with Crippen LogP contribution in [-0.4, -0.2) is 39.9 Å². The van der Waals surface area contributed by atoms with Crippen LogP contribution in [0.15, 0.2) is 49.1 Å². The van der Waals surface area contributed by atoms with Gasteiger partial charge in [-0.2, -0.15) is 0 Å². The summed E-state index contributed by atoms with van der Waals surface area (Å²) in [4.78, 5) is 25.4. The van der Waals surface area contributed by atoms with Crippen LogP contribution < -0.4 is 0 Å². The van der Waals surface area contributed by atoms with Crippen LogP contribution in [0.2, 0.25) is 0 Å². The van der Waals surface area contributed by atoms with Gasteiger partial charge in [0.1, 0.15) is 5.69 Å². The number of rotatable bonds is 5. The average molecular weight is 348 g/mol. The van der Waals surface area contributed by atoms with Crippen molar-refractivity contribution in [3.05, 3.63) is 82.7 Å². The third-order valence-electron chi connectivity index (χ3n) is 4.81. The zero-order valence-corrected chi connectivity index (χ0v) is 15.7. The van der Waals surface area contributed by atoms with E-state index in [1.165, 1.54) is 21.6 Å². The van der Waals surface area contributed by atoms with Gasteiger partial charge in [0.25, 0.3) is 5.91 Å². The van der Waals surface area contributed by atoms with Crippen LogP contribution in [0, 0.1) is 13.8 Å². The number of aromatic amines is 1. The van der Waals surface area contributed by atoms with Gasteiger partial charge in [0, 0.05) is 38.1 Å². The lowest BCUT2D eigenvalue weighted by molar-refractivity contribution is 0.0822. The quantitative estimate of drug-likeness (QED) is 0.768. The largest absolute Gasteiger partial charge is 0.348 e. The summed E-state index contributed by atoms with van der Waals surface area (Å²) >= 11 is 0. The number of imidazole rings is 1. The van der Waals surface area contributed by atoms with Gasteiger partial charge in [-0.15, -0.1) is 0 Å². The minimum atomic E-state index is -0.0869. The molecule has 1 atom stereocenters. The Morgan fingerprint density at radius 2 is 1.96 bits per heavy atom. The Morgan fingerprint density at radius 1 is 1.15 bits per heavy atom. The molecular weight excluding hydrogens is 324 g/mol. The molecule has 2 heterocycles. The summed E-state index contributed by atoms with van der Waals surface area (Å²) in [5, 5.41) is 0. The second-order valence-corrected chi connectivity index (χ2v) is 6.80. The van der Waals surface area contributed by atoms with Crippen LogP contribution in [0.5, 0.6) is 0 Å². The minimum absolute atomic E-state index is 0.0869. The number of hydrogen-bond donors (Lipinski definition) is 1. The molecule has 0 aliphatic rings. The third-order valence-corrected chi connectivity index (χ3v) is 4.81. The van der Waals surface area contributed by atoms with E-state index in [-0.39, 0.29) is 11.8 Å². The molecule has 3 aromatic rings. The predicted octanol–water partition coefficient (Wildman–Crippen LogP) is 3.50. The van der Waals surface area contributed by atoms with Crippen LogP contribution in [-0.2, 0) is 6.42 Å². The molecule has 1 amide bonds. The summed E-state index contributed by atoms with van der Waals surface area (Å²) < 4.78 is 0. The first-order valence-corrected chi connectivity index (χ1v) is 8.68. The fourth-order valence-corrected chi connectivity index (χ4v) is 3.13. The number of benzene rings is 1. The zero-order chi connectivity index (χ0) is 18.7. The van der Waals surface area contributed by atoms with Crippen molar-refractivity contribution in [3.63, 3.8) is 0 Å². The van der Waals surface area contributed by atoms with E-state index in [0.717, 1.165) is 17.7 Å². The van der Waals surface area contributed by atoms with Gasteiger partial charge in [-0.25, -0.2) is 4.98 Å². The molecule has 26 heavy (non-hydrogen) atoms. The summed E-state index contributed by atoms with van der Waals surface area (Å²) in [5.41, 5.74) is 6.47. The molecule has 0 radical (unpaired) electrons. The van der Waals surface area contributed by atoms with E-state index in [1.54, 1.807) is 32.7 Å². The molecule has 0 spiro atoms. The molecule has 3 rings (SSSR count). The summed E-state index contributed by atoms with van der Waals surface area (Å²) in [7, 11) is 3.46. The van der Waals surface area contributed by atoms with Crippen molar-refractivity contribution in [3.8, 4) is 0 Å². The second-order valence-electron chi connectivity index (χ2n) is 6.80. The molecule has 0 saturated carbocycles. The van der Waals surface area contributed by atoms with Gasteiger partial charge in [-0.3, -0.25) is 9.78 Å². The molecule has 0 aliphatic heterocycles. The fourth-order valence-electron chi connectivity index (χ4n) is 3.13. The Bertz CT molecular complexity index is 883. The third kappa shape index (κ3) is 3.67. The summed E-state index contributed by atoms with van der Waals surface area (Å²) in [6.45, 7) is 4.29. The lowest BCUT2D eigenvalue weighted by atomic mass is 9.86. The molecule has 5 nitrogen and oxygen atoms in total. The lowest BCUT2D eigenvalue weighted by Gasteiger charge is -2.20. The van der Waals surface area contributed by atoms with E-state index >= 15 is 0 Å². The fraction of sp³-hybridized carbons (Fsp3) is 0.286. The normalized spacial score (nSPS) is 12.0. The van der Waals surface area contributed by atoms with Gasteiger partial charge in [0.05, 0.1) is 6.33 Å². The molecule has 134 valence electrons. The van der Waals surface area contributed by atoms with Crippen LogP contribution in [0.4, 0.5) is 0 Å². The highest BCUT2D eigenvalue weighted by Crippen LogP contribution is 2.30. The number of carbonyl (C=O) groups excluding carboxylic acids is 1. The van der Waals surface area contributed by atoms with Crippen molar-refractivity contribution in [2.24, 2.45) is 0 Å². The van der Waals surface area contributed by atoms with E-state index in [9.17, 15) is 4.79 Å². The Hall–Kier alpha value is -2.95. The van der Waals surface area contributed by atoms with Crippen molar-refractivity contribution in [2.45, 2.75) is 26.2 Å². The highest BCUT2D eigenvalue weighted by atomic mass is 16.2. The van der Waals surface area contributed by atoms with Crippen molar-refractivity contribution in [2.75, 3.05) is 14.1 Å². The predicted molar refractivity (Wildman–Crippen MR) is 102 cm³/mol.